The van der Waals surface area contributed by atoms with Crippen molar-refractivity contribution in [1.82, 2.24) is 0 Å². The smallest absolute Gasteiger partial charge is 0.269 e. The Kier molecular flexibility index (Phi) is 8.17. The zero-order valence-electron chi connectivity index (χ0n) is 19.2. The van der Waals surface area contributed by atoms with Crippen LogP contribution in [0.5, 0.6) is 11.5 Å². The molecule has 3 aromatic carbocycles. The minimum absolute atomic E-state index is 0.00846. The number of anilines is 2. The summed E-state index contributed by atoms with van der Waals surface area (Å²) in [6.45, 7) is 6.11. The predicted molar refractivity (Wildman–Crippen MR) is 132 cm³/mol. The van der Waals surface area contributed by atoms with Gasteiger partial charge in [0.25, 0.3) is 11.6 Å². The Balaban J connectivity index is 1.60. The quantitative estimate of drug-likeness (QED) is 0.247. The summed E-state index contributed by atoms with van der Waals surface area (Å²) in [5, 5.41) is 17.7. The summed E-state index contributed by atoms with van der Waals surface area (Å²) in [5.41, 5.74) is 7.15. The normalized spacial score (nSPS) is 10.7. The zero-order chi connectivity index (χ0) is 24.5. The molecule has 0 heterocycles. The van der Waals surface area contributed by atoms with E-state index in [1.165, 1.54) is 12.1 Å². The largest absolute Gasteiger partial charge is 0.490 e. The summed E-state index contributed by atoms with van der Waals surface area (Å²) < 4.78 is 11.3. The van der Waals surface area contributed by atoms with E-state index in [1.54, 1.807) is 36.5 Å². The fraction of sp³-hybridized carbons (Fsp3) is 0.200. The number of benzene rings is 3. The van der Waals surface area contributed by atoms with E-state index in [2.05, 4.69) is 15.8 Å². The number of nitrogens with zero attached hydrogens (tertiary/aromatic N) is 2. The zero-order valence-corrected chi connectivity index (χ0v) is 19.2. The van der Waals surface area contributed by atoms with Gasteiger partial charge in [0.05, 0.1) is 23.4 Å². The molecule has 9 nitrogen and oxygen atoms in total. The molecule has 0 bridgehead atoms. The van der Waals surface area contributed by atoms with E-state index in [4.69, 9.17) is 9.47 Å². The van der Waals surface area contributed by atoms with Gasteiger partial charge in [0.15, 0.2) is 18.1 Å². The Labute approximate surface area is 197 Å². The van der Waals surface area contributed by atoms with Crippen LogP contribution in [-0.4, -0.2) is 30.3 Å². The number of ether oxygens (including phenoxy) is 2. The second-order valence-electron chi connectivity index (χ2n) is 7.45. The standard InChI is InChI=1S/C25H26N4O5/c1-4-33-24-14-19(15-26-28-20-8-10-22(11-9-20)29(31)32)6-12-23(24)34-16-25(30)27-21-7-5-17(2)18(3)13-21/h5-15,28H,4,16H2,1-3H3,(H,27,30)/b26-15+. The monoisotopic (exact) mass is 462 g/mol. The van der Waals surface area contributed by atoms with Crippen LogP contribution in [0.25, 0.3) is 0 Å². The lowest BCUT2D eigenvalue weighted by Gasteiger charge is -2.13. The van der Waals surface area contributed by atoms with Gasteiger partial charge in [-0.1, -0.05) is 6.07 Å². The van der Waals surface area contributed by atoms with E-state index in [1.807, 2.05) is 39.0 Å². The summed E-state index contributed by atoms with van der Waals surface area (Å²) in [6, 6.07) is 16.9. The maximum atomic E-state index is 12.3. The molecule has 0 saturated heterocycles. The Morgan fingerprint density at radius 1 is 0.971 bits per heavy atom. The van der Waals surface area contributed by atoms with Gasteiger partial charge in [0.1, 0.15) is 0 Å². The molecule has 0 fully saturated rings. The first-order valence-corrected chi connectivity index (χ1v) is 10.7. The summed E-state index contributed by atoms with van der Waals surface area (Å²) in [5.74, 6) is 0.655. The minimum Gasteiger partial charge on any atom is -0.490 e. The van der Waals surface area contributed by atoms with Crippen molar-refractivity contribution in [3.8, 4) is 11.5 Å². The van der Waals surface area contributed by atoms with E-state index >= 15 is 0 Å². The third kappa shape index (κ3) is 6.80. The second-order valence-corrected chi connectivity index (χ2v) is 7.45. The maximum absolute atomic E-state index is 12.3. The van der Waals surface area contributed by atoms with Crippen molar-refractivity contribution in [3.05, 3.63) is 87.5 Å². The number of rotatable bonds is 10. The molecule has 2 N–H and O–H groups in total. The lowest BCUT2D eigenvalue weighted by atomic mass is 10.1. The first kappa shape index (κ1) is 24.2. The number of non-ortho nitro benzene ring substituents is 1. The lowest BCUT2D eigenvalue weighted by Crippen LogP contribution is -2.20. The van der Waals surface area contributed by atoms with Gasteiger partial charge in [-0.15, -0.1) is 0 Å². The van der Waals surface area contributed by atoms with Crippen LogP contribution in [0, 0.1) is 24.0 Å². The fourth-order valence-electron chi connectivity index (χ4n) is 2.99. The van der Waals surface area contributed by atoms with Gasteiger partial charge in [-0.3, -0.25) is 20.3 Å². The molecule has 0 radical (unpaired) electrons. The summed E-state index contributed by atoms with van der Waals surface area (Å²) >= 11 is 0. The predicted octanol–water partition coefficient (Wildman–Crippen LogP) is 5.07. The van der Waals surface area contributed by atoms with Crippen molar-refractivity contribution in [2.75, 3.05) is 24.0 Å². The van der Waals surface area contributed by atoms with Crippen LogP contribution in [0.2, 0.25) is 0 Å². The number of hydrogen-bond acceptors (Lipinski definition) is 7. The molecule has 34 heavy (non-hydrogen) atoms. The summed E-state index contributed by atoms with van der Waals surface area (Å²) in [7, 11) is 0. The Hall–Kier alpha value is -4.40. The van der Waals surface area contributed by atoms with Crippen LogP contribution in [-0.2, 0) is 4.79 Å². The van der Waals surface area contributed by atoms with Gasteiger partial charge in [0, 0.05) is 17.8 Å². The number of amides is 1. The molecule has 0 saturated carbocycles. The fourth-order valence-corrected chi connectivity index (χ4v) is 2.99. The van der Waals surface area contributed by atoms with E-state index in [9.17, 15) is 14.9 Å². The summed E-state index contributed by atoms with van der Waals surface area (Å²) in [6.07, 6.45) is 1.58. The highest BCUT2D eigenvalue weighted by Gasteiger charge is 2.10. The minimum atomic E-state index is -0.459. The third-order valence-electron chi connectivity index (χ3n) is 4.90. The molecule has 0 aliphatic rings. The topological polar surface area (TPSA) is 115 Å². The highest BCUT2D eigenvalue weighted by Crippen LogP contribution is 2.28. The molecular formula is C25H26N4O5. The molecule has 0 spiro atoms. The summed E-state index contributed by atoms with van der Waals surface area (Å²) in [4.78, 5) is 22.6. The molecule has 3 aromatic rings. The number of carbonyl (C=O) groups excluding carboxylic acids is 1. The van der Waals surface area contributed by atoms with E-state index in [0.29, 0.717) is 29.5 Å². The van der Waals surface area contributed by atoms with E-state index in [-0.39, 0.29) is 18.2 Å². The van der Waals surface area contributed by atoms with Gasteiger partial charge >= 0.3 is 0 Å². The molecule has 0 aliphatic heterocycles. The highest BCUT2D eigenvalue weighted by molar-refractivity contribution is 5.92. The van der Waals surface area contributed by atoms with Crippen LogP contribution in [0.1, 0.15) is 23.6 Å². The van der Waals surface area contributed by atoms with Crippen LogP contribution < -0.4 is 20.2 Å². The van der Waals surface area contributed by atoms with Crippen molar-refractivity contribution >= 4 is 29.2 Å². The lowest BCUT2D eigenvalue weighted by molar-refractivity contribution is -0.384. The van der Waals surface area contributed by atoms with Gasteiger partial charge in [-0.05, 0) is 79.9 Å². The Bertz CT molecular complexity index is 1190. The second kappa shape index (κ2) is 11.5. The average molecular weight is 463 g/mol. The molecule has 9 heteroatoms. The van der Waals surface area contributed by atoms with Crippen LogP contribution in [0.3, 0.4) is 0 Å². The van der Waals surface area contributed by atoms with E-state index < -0.39 is 4.92 Å². The molecule has 0 unspecified atom stereocenters. The SMILES string of the molecule is CCOc1cc(/C=N/Nc2ccc([N+](=O)[O-])cc2)ccc1OCC(=O)Nc1ccc(C)c(C)c1. The number of nitro groups is 1. The van der Waals surface area contributed by atoms with Gasteiger partial charge in [-0.2, -0.15) is 5.10 Å². The molecule has 0 atom stereocenters. The average Bonchev–Trinajstić information content (AvgIpc) is 2.81. The van der Waals surface area contributed by atoms with Crippen molar-refractivity contribution < 1.29 is 19.2 Å². The van der Waals surface area contributed by atoms with Crippen molar-refractivity contribution in [1.29, 1.82) is 0 Å². The number of aryl methyl sites for hydroxylation is 2. The number of hydrazone groups is 1. The molecular weight excluding hydrogens is 436 g/mol. The Morgan fingerprint density at radius 2 is 1.71 bits per heavy atom. The molecule has 0 aliphatic carbocycles. The van der Waals surface area contributed by atoms with Crippen LogP contribution in [0.4, 0.5) is 17.1 Å². The first-order valence-electron chi connectivity index (χ1n) is 10.7. The van der Waals surface area contributed by atoms with Crippen molar-refractivity contribution in [3.63, 3.8) is 0 Å². The number of hydrogen-bond donors (Lipinski definition) is 2. The maximum Gasteiger partial charge on any atom is 0.269 e. The van der Waals surface area contributed by atoms with E-state index in [0.717, 1.165) is 16.7 Å². The number of carbonyl (C=O) groups is 1. The Morgan fingerprint density at radius 3 is 2.38 bits per heavy atom. The first-order chi connectivity index (χ1) is 16.4. The van der Waals surface area contributed by atoms with Gasteiger partial charge < -0.3 is 14.8 Å². The van der Waals surface area contributed by atoms with Gasteiger partial charge in [0.2, 0.25) is 0 Å². The molecule has 1 amide bonds. The molecule has 0 aromatic heterocycles. The number of nitro benzene ring substituents is 1. The van der Waals surface area contributed by atoms with Crippen LogP contribution >= 0.6 is 0 Å². The molecule has 176 valence electrons. The molecule has 3 rings (SSSR count). The number of nitrogens with one attached hydrogen (secondary N) is 2. The van der Waals surface area contributed by atoms with Gasteiger partial charge in [-0.25, -0.2) is 0 Å². The van der Waals surface area contributed by atoms with Crippen molar-refractivity contribution in [2.45, 2.75) is 20.8 Å². The third-order valence-corrected chi connectivity index (χ3v) is 4.90. The van der Waals surface area contributed by atoms with Crippen LogP contribution in [0.15, 0.2) is 65.8 Å². The van der Waals surface area contributed by atoms with Crippen molar-refractivity contribution in [2.24, 2.45) is 5.10 Å². The highest BCUT2D eigenvalue weighted by atomic mass is 16.6.